The molecule has 1 heteroatoms. The Morgan fingerprint density at radius 3 is 1.88 bits per heavy atom. The molecule has 0 atom stereocenters. The van der Waals surface area contributed by atoms with Crippen LogP contribution in [-0.2, 0) is 0 Å². The van der Waals surface area contributed by atoms with Gasteiger partial charge in [0.15, 0.2) is 0 Å². The molecule has 16 heavy (non-hydrogen) atoms. The minimum Gasteiger partial charge on any atom is -0.316 e. The minimum atomic E-state index is 0. The summed E-state index contributed by atoms with van der Waals surface area (Å²) in [7, 11) is 0. The molecule has 0 bridgehead atoms. The van der Waals surface area contributed by atoms with Crippen molar-refractivity contribution in [3.8, 4) is 0 Å². The molecule has 0 aliphatic heterocycles. The predicted octanol–water partition coefficient (Wildman–Crippen LogP) is 4.86. The molecule has 0 heterocycles. The molecule has 0 saturated heterocycles. The van der Waals surface area contributed by atoms with E-state index in [9.17, 15) is 0 Å². The molecule has 1 N–H and O–H groups in total. The minimum absolute atomic E-state index is 0. The SMILES string of the molecule is CC(C)CCCCCCCCNCC(C)C.[HH]. The number of nitrogens with one attached hydrogen (secondary N) is 1. The number of hydrogen-bond acceptors (Lipinski definition) is 1. The molecule has 100 valence electrons. The van der Waals surface area contributed by atoms with Gasteiger partial charge in [-0.1, -0.05) is 66.2 Å². The molecule has 0 saturated carbocycles. The van der Waals surface area contributed by atoms with Gasteiger partial charge in [0.2, 0.25) is 0 Å². The maximum Gasteiger partial charge on any atom is 0 e. The van der Waals surface area contributed by atoms with E-state index < -0.39 is 0 Å². The lowest BCUT2D eigenvalue weighted by Gasteiger charge is -2.07. The molecule has 0 aromatic rings. The van der Waals surface area contributed by atoms with Crippen LogP contribution < -0.4 is 5.32 Å². The summed E-state index contributed by atoms with van der Waals surface area (Å²) in [5.74, 6) is 1.68. The highest BCUT2D eigenvalue weighted by molar-refractivity contribution is 4.53. The molecule has 0 aromatic heterocycles. The van der Waals surface area contributed by atoms with Gasteiger partial charge in [-0.05, 0) is 31.3 Å². The summed E-state index contributed by atoms with van der Waals surface area (Å²) in [6, 6.07) is 0. The summed E-state index contributed by atoms with van der Waals surface area (Å²) in [5, 5.41) is 3.50. The van der Waals surface area contributed by atoms with E-state index >= 15 is 0 Å². The van der Waals surface area contributed by atoms with Crippen molar-refractivity contribution < 1.29 is 1.43 Å². The van der Waals surface area contributed by atoms with Gasteiger partial charge in [0.25, 0.3) is 0 Å². The molecule has 0 aliphatic carbocycles. The van der Waals surface area contributed by atoms with Crippen LogP contribution in [0.3, 0.4) is 0 Å². The molecular weight excluding hydrogens is 194 g/mol. The highest BCUT2D eigenvalue weighted by Crippen LogP contribution is 2.10. The molecule has 0 aromatic carbocycles. The Morgan fingerprint density at radius 2 is 1.31 bits per heavy atom. The molecule has 0 radical (unpaired) electrons. The zero-order chi connectivity index (χ0) is 12.2. The Labute approximate surface area is 105 Å². The maximum absolute atomic E-state index is 3.50. The Bertz CT molecular complexity index is 119. The lowest BCUT2D eigenvalue weighted by Crippen LogP contribution is -2.20. The molecule has 0 amide bonds. The van der Waals surface area contributed by atoms with E-state index in [1.165, 1.54) is 58.0 Å². The summed E-state index contributed by atoms with van der Waals surface area (Å²) in [5.41, 5.74) is 0. The lowest BCUT2D eigenvalue weighted by atomic mass is 10.0. The van der Waals surface area contributed by atoms with Gasteiger partial charge in [0, 0.05) is 1.43 Å². The van der Waals surface area contributed by atoms with Crippen LogP contribution in [0.1, 0.15) is 74.1 Å². The van der Waals surface area contributed by atoms with Crippen LogP contribution in [0.5, 0.6) is 0 Å². The van der Waals surface area contributed by atoms with Gasteiger partial charge >= 0.3 is 0 Å². The first-order chi connectivity index (χ1) is 7.63. The molecule has 1 nitrogen and oxygen atoms in total. The van der Waals surface area contributed by atoms with Crippen LogP contribution in [0.4, 0.5) is 0 Å². The average molecular weight is 229 g/mol. The summed E-state index contributed by atoms with van der Waals surface area (Å²) in [6.45, 7) is 11.6. The normalized spacial score (nSPS) is 11.6. The van der Waals surface area contributed by atoms with Gasteiger partial charge in [-0.25, -0.2) is 0 Å². The van der Waals surface area contributed by atoms with E-state index in [0.717, 1.165) is 11.8 Å². The first-order valence-corrected chi connectivity index (χ1v) is 7.33. The molecule has 0 rings (SSSR count). The van der Waals surface area contributed by atoms with Gasteiger partial charge in [-0.15, -0.1) is 0 Å². The van der Waals surface area contributed by atoms with Gasteiger partial charge < -0.3 is 5.32 Å². The number of rotatable bonds is 11. The molecule has 0 spiro atoms. The van der Waals surface area contributed by atoms with E-state index in [2.05, 4.69) is 33.0 Å². The van der Waals surface area contributed by atoms with Crippen molar-refractivity contribution in [1.82, 2.24) is 5.32 Å². The van der Waals surface area contributed by atoms with Gasteiger partial charge in [-0.3, -0.25) is 0 Å². The van der Waals surface area contributed by atoms with Crippen LogP contribution in [0.15, 0.2) is 0 Å². The fourth-order valence-electron chi connectivity index (χ4n) is 1.90. The second kappa shape index (κ2) is 11.4. The highest BCUT2D eigenvalue weighted by atomic mass is 14.8. The molecule has 0 aliphatic rings. The highest BCUT2D eigenvalue weighted by Gasteiger charge is 1.95. The van der Waals surface area contributed by atoms with Crippen LogP contribution in [0.25, 0.3) is 0 Å². The third kappa shape index (κ3) is 14.0. The van der Waals surface area contributed by atoms with E-state index in [4.69, 9.17) is 0 Å². The van der Waals surface area contributed by atoms with E-state index in [1.54, 1.807) is 0 Å². The zero-order valence-electron chi connectivity index (χ0n) is 12.0. The topological polar surface area (TPSA) is 12.0 Å². The predicted molar refractivity (Wildman–Crippen MR) is 77.0 cm³/mol. The summed E-state index contributed by atoms with van der Waals surface area (Å²) in [4.78, 5) is 0. The monoisotopic (exact) mass is 229 g/mol. The van der Waals surface area contributed by atoms with Crippen molar-refractivity contribution in [2.75, 3.05) is 13.1 Å². The van der Waals surface area contributed by atoms with E-state index in [-0.39, 0.29) is 1.43 Å². The van der Waals surface area contributed by atoms with E-state index in [1.807, 2.05) is 0 Å². The van der Waals surface area contributed by atoms with Crippen LogP contribution in [0.2, 0.25) is 0 Å². The third-order valence-corrected chi connectivity index (χ3v) is 2.94. The molecule has 0 unspecified atom stereocenters. The summed E-state index contributed by atoms with van der Waals surface area (Å²) < 4.78 is 0. The summed E-state index contributed by atoms with van der Waals surface area (Å²) in [6.07, 6.45) is 9.93. The van der Waals surface area contributed by atoms with Gasteiger partial charge in [0.1, 0.15) is 0 Å². The number of hydrogen-bond donors (Lipinski definition) is 1. The maximum atomic E-state index is 3.50. The van der Waals surface area contributed by atoms with Crippen LogP contribution in [0, 0.1) is 11.8 Å². The second-order valence-corrected chi connectivity index (χ2v) is 5.90. The fourth-order valence-corrected chi connectivity index (χ4v) is 1.90. The first-order valence-electron chi connectivity index (χ1n) is 7.33. The zero-order valence-corrected chi connectivity index (χ0v) is 12.0. The second-order valence-electron chi connectivity index (χ2n) is 5.90. The van der Waals surface area contributed by atoms with Gasteiger partial charge in [-0.2, -0.15) is 0 Å². The van der Waals surface area contributed by atoms with Crippen molar-refractivity contribution in [3.63, 3.8) is 0 Å². The third-order valence-electron chi connectivity index (χ3n) is 2.94. The fraction of sp³-hybridized carbons (Fsp3) is 1.00. The summed E-state index contributed by atoms with van der Waals surface area (Å²) >= 11 is 0. The van der Waals surface area contributed by atoms with Crippen LogP contribution in [-0.4, -0.2) is 13.1 Å². The molecule has 0 fully saturated rings. The number of unbranched alkanes of at least 4 members (excludes halogenated alkanes) is 5. The standard InChI is InChI=1S/C15H33N.H2/c1-14(2)11-9-7-5-6-8-10-12-16-13-15(3)4;/h14-16H,5-13H2,1-4H3;1H. The van der Waals surface area contributed by atoms with Crippen molar-refractivity contribution >= 4 is 0 Å². The average Bonchev–Trinajstić information content (AvgIpc) is 2.20. The van der Waals surface area contributed by atoms with Crippen molar-refractivity contribution in [3.05, 3.63) is 0 Å². The van der Waals surface area contributed by atoms with Crippen molar-refractivity contribution in [2.24, 2.45) is 11.8 Å². The van der Waals surface area contributed by atoms with Crippen molar-refractivity contribution in [2.45, 2.75) is 72.6 Å². The smallest absolute Gasteiger partial charge is 0 e. The first kappa shape index (κ1) is 16.0. The van der Waals surface area contributed by atoms with E-state index in [0.29, 0.717) is 0 Å². The Kier molecular flexibility index (Phi) is 11.4. The Morgan fingerprint density at radius 1 is 0.750 bits per heavy atom. The van der Waals surface area contributed by atoms with Crippen molar-refractivity contribution in [1.29, 1.82) is 0 Å². The lowest BCUT2D eigenvalue weighted by molar-refractivity contribution is 0.499. The van der Waals surface area contributed by atoms with Crippen LogP contribution >= 0.6 is 0 Å². The largest absolute Gasteiger partial charge is 0.316 e. The quantitative estimate of drug-likeness (QED) is 0.499. The Balaban J connectivity index is 0. The molecular formula is C15H35N. The van der Waals surface area contributed by atoms with Gasteiger partial charge in [0.05, 0.1) is 0 Å². The Hall–Kier alpha value is -0.0400.